The molecule has 1 aromatic carbocycles. The van der Waals surface area contributed by atoms with Crippen molar-refractivity contribution >= 4 is 35.1 Å². The molecular formula is C16H20N4O4. The highest BCUT2D eigenvalue weighted by Gasteiger charge is 2.46. The molecule has 0 unspecified atom stereocenters. The number of rotatable bonds is 5. The zero-order chi connectivity index (χ0) is 18.0. The van der Waals surface area contributed by atoms with Gasteiger partial charge in [-0.05, 0) is 38.1 Å². The quantitative estimate of drug-likeness (QED) is 0.639. The lowest BCUT2D eigenvalue weighted by molar-refractivity contribution is -0.144. The van der Waals surface area contributed by atoms with Crippen LogP contribution in [0.25, 0.3) is 0 Å². The fourth-order valence-corrected chi connectivity index (χ4v) is 2.30. The maximum Gasteiger partial charge on any atom is 0.334 e. The first-order valence-corrected chi connectivity index (χ1v) is 7.48. The van der Waals surface area contributed by atoms with Gasteiger partial charge in [0.25, 0.3) is 0 Å². The molecule has 5 amide bonds. The van der Waals surface area contributed by atoms with Gasteiger partial charge in [-0.15, -0.1) is 0 Å². The van der Waals surface area contributed by atoms with Crippen molar-refractivity contribution in [2.24, 2.45) is 0 Å². The number of benzene rings is 1. The molecule has 1 heterocycles. The molecule has 0 spiro atoms. The number of nitrogens with one attached hydrogen (secondary N) is 1. The van der Waals surface area contributed by atoms with Crippen LogP contribution in [0.3, 0.4) is 0 Å². The maximum absolute atomic E-state index is 12.1. The summed E-state index contributed by atoms with van der Waals surface area (Å²) in [6.07, 6.45) is 0. The van der Waals surface area contributed by atoms with Crippen LogP contribution in [-0.2, 0) is 14.4 Å². The van der Waals surface area contributed by atoms with Crippen molar-refractivity contribution in [3.63, 3.8) is 0 Å². The van der Waals surface area contributed by atoms with Gasteiger partial charge >= 0.3 is 17.8 Å². The smallest absolute Gasteiger partial charge is 0.334 e. The third kappa shape index (κ3) is 3.37. The van der Waals surface area contributed by atoms with Crippen LogP contribution in [0.2, 0.25) is 0 Å². The molecule has 0 aliphatic carbocycles. The van der Waals surface area contributed by atoms with E-state index >= 15 is 0 Å². The molecule has 24 heavy (non-hydrogen) atoms. The van der Waals surface area contributed by atoms with E-state index in [4.69, 9.17) is 0 Å². The Morgan fingerprint density at radius 1 is 1.08 bits per heavy atom. The molecule has 1 aliphatic rings. The molecule has 0 aromatic heterocycles. The second-order valence-electron chi connectivity index (χ2n) is 5.93. The summed E-state index contributed by atoms with van der Waals surface area (Å²) >= 11 is 0. The third-order valence-corrected chi connectivity index (χ3v) is 3.57. The number of amides is 5. The Labute approximate surface area is 140 Å². The normalized spacial score (nSPS) is 14.6. The number of nitrogens with zero attached hydrogens (tertiary/aromatic N) is 3. The Kier molecular flexibility index (Phi) is 4.87. The number of anilines is 2. The summed E-state index contributed by atoms with van der Waals surface area (Å²) in [6, 6.07) is 5.87. The van der Waals surface area contributed by atoms with Crippen molar-refractivity contribution in [3.05, 3.63) is 24.3 Å². The molecule has 1 aliphatic heterocycles. The Bertz CT molecular complexity index is 682. The molecule has 0 bridgehead atoms. The first-order chi connectivity index (χ1) is 11.2. The van der Waals surface area contributed by atoms with E-state index in [0.717, 1.165) is 10.6 Å². The zero-order valence-corrected chi connectivity index (χ0v) is 14.1. The van der Waals surface area contributed by atoms with E-state index in [1.54, 1.807) is 26.0 Å². The molecule has 2 rings (SSSR count). The molecule has 1 saturated heterocycles. The largest absolute Gasteiger partial charge is 0.378 e. The first kappa shape index (κ1) is 17.5. The topological polar surface area (TPSA) is 90.0 Å². The van der Waals surface area contributed by atoms with E-state index in [1.165, 1.54) is 0 Å². The van der Waals surface area contributed by atoms with E-state index in [1.807, 2.05) is 31.1 Å². The molecule has 0 saturated carbocycles. The standard InChI is InChI=1S/C16H20N4O4/c1-10(2)20-15(23)14(22)19(16(20)24)9-13(21)17-11-5-7-12(8-6-11)18(3)4/h5-8,10H,9H2,1-4H3,(H,17,21). The Morgan fingerprint density at radius 3 is 2.12 bits per heavy atom. The number of imide groups is 2. The van der Waals surface area contributed by atoms with Gasteiger partial charge in [0.05, 0.1) is 0 Å². The van der Waals surface area contributed by atoms with Gasteiger partial charge in [-0.1, -0.05) is 0 Å². The summed E-state index contributed by atoms with van der Waals surface area (Å²) in [4.78, 5) is 51.2. The van der Waals surface area contributed by atoms with Crippen molar-refractivity contribution in [1.29, 1.82) is 0 Å². The molecule has 1 N–H and O–H groups in total. The number of hydrogen-bond acceptors (Lipinski definition) is 5. The van der Waals surface area contributed by atoms with Crippen molar-refractivity contribution in [3.8, 4) is 0 Å². The third-order valence-electron chi connectivity index (χ3n) is 3.57. The second kappa shape index (κ2) is 6.69. The van der Waals surface area contributed by atoms with Crippen molar-refractivity contribution < 1.29 is 19.2 Å². The number of carbonyl (C=O) groups is 4. The minimum atomic E-state index is -0.980. The van der Waals surface area contributed by atoms with Crippen LogP contribution in [0.1, 0.15) is 13.8 Å². The number of carbonyl (C=O) groups excluding carboxylic acids is 4. The van der Waals surface area contributed by atoms with E-state index in [2.05, 4.69) is 5.32 Å². The Hall–Kier alpha value is -2.90. The van der Waals surface area contributed by atoms with Crippen molar-refractivity contribution in [2.45, 2.75) is 19.9 Å². The van der Waals surface area contributed by atoms with Gasteiger partial charge in [-0.3, -0.25) is 19.3 Å². The highest BCUT2D eigenvalue weighted by atomic mass is 16.2. The Balaban J connectivity index is 2.03. The molecule has 8 nitrogen and oxygen atoms in total. The average molecular weight is 332 g/mol. The minimum Gasteiger partial charge on any atom is -0.378 e. The monoisotopic (exact) mass is 332 g/mol. The molecular weight excluding hydrogens is 312 g/mol. The fraction of sp³-hybridized carbons (Fsp3) is 0.375. The van der Waals surface area contributed by atoms with Gasteiger partial charge in [0, 0.05) is 31.5 Å². The maximum atomic E-state index is 12.1. The summed E-state index contributed by atoms with van der Waals surface area (Å²) in [5, 5.41) is 2.60. The van der Waals surface area contributed by atoms with Gasteiger partial charge in [-0.2, -0.15) is 0 Å². The van der Waals surface area contributed by atoms with E-state index in [9.17, 15) is 19.2 Å². The van der Waals surface area contributed by atoms with Gasteiger partial charge < -0.3 is 10.2 Å². The summed E-state index contributed by atoms with van der Waals surface area (Å²) < 4.78 is 0. The predicted octanol–water partition coefficient (Wildman–Crippen LogP) is 0.890. The average Bonchev–Trinajstić information content (AvgIpc) is 2.71. The van der Waals surface area contributed by atoms with E-state index in [0.29, 0.717) is 10.6 Å². The molecule has 0 radical (unpaired) electrons. The van der Waals surface area contributed by atoms with Crippen LogP contribution in [0.15, 0.2) is 24.3 Å². The van der Waals surface area contributed by atoms with Crippen molar-refractivity contribution in [1.82, 2.24) is 9.80 Å². The molecule has 1 aromatic rings. The van der Waals surface area contributed by atoms with Crippen LogP contribution >= 0.6 is 0 Å². The van der Waals surface area contributed by atoms with E-state index < -0.39 is 36.3 Å². The lowest BCUT2D eigenvalue weighted by atomic mass is 10.2. The van der Waals surface area contributed by atoms with Gasteiger partial charge in [0.15, 0.2) is 0 Å². The van der Waals surface area contributed by atoms with Gasteiger partial charge in [-0.25, -0.2) is 9.69 Å². The van der Waals surface area contributed by atoms with Crippen LogP contribution in [0.4, 0.5) is 16.2 Å². The zero-order valence-electron chi connectivity index (χ0n) is 14.1. The van der Waals surface area contributed by atoms with E-state index in [-0.39, 0.29) is 0 Å². The van der Waals surface area contributed by atoms with Gasteiger partial charge in [0.1, 0.15) is 6.54 Å². The highest BCUT2D eigenvalue weighted by Crippen LogP contribution is 2.17. The Morgan fingerprint density at radius 2 is 1.67 bits per heavy atom. The summed E-state index contributed by atoms with van der Waals surface area (Å²) in [6.45, 7) is 2.75. The lowest BCUT2D eigenvalue weighted by Crippen LogP contribution is -2.40. The lowest BCUT2D eigenvalue weighted by Gasteiger charge is -2.18. The van der Waals surface area contributed by atoms with Crippen LogP contribution < -0.4 is 10.2 Å². The number of urea groups is 1. The number of hydrogen-bond donors (Lipinski definition) is 1. The SMILES string of the molecule is CC(C)N1C(=O)C(=O)N(CC(=O)Nc2ccc(N(C)C)cc2)C1=O. The van der Waals surface area contributed by atoms with Crippen LogP contribution in [-0.4, -0.2) is 60.2 Å². The molecule has 0 atom stereocenters. The van der Waals surface area contributed by atoms with Gasteiger partial charge in [0.2, 0.25) is 5.91 Å². The molecule has 8 heteroatoms. The summed E-state index contributed by atoms with van der Waals surface area (Å²) in [5.74, 6) is -2.43. The fourth-order valence-electron chi connectivity index (χ4n) is 2.30. The summed E-state index contributed by atoms with van der Waals surface area (Å²) in [5.41, 5.74) is 1.51. The van der Waals surface area contributed by atoms with Crippen molar-refractivity contribution in [2.75, 3.05) is 30.9 Å². The van der Waals surface area contributed by atoms with Crippen LogP contribution in [0, 0.1) is 0 Å². The second-order valence-corrected chi connectivity index (χ2v) is 5.93. The minimum absolute atomic E-state index is 0.444. The molecule has 1 fully saturated rings. The summed E-state index contributed by atoms with van der Waals surface area (Å²) in [7, 11) is 3.80. The predicted molar refractivity (Wildman–Crippen MR) is 88.5 cm³/mol. The first-order valence-electron chi connectivity index (χ1n) is 7.48. The van der Waals surface area contributed by atoms with Crippen LogP contribution in [0.5, 0.6) is 0 Å². The molecule has 128 valence electrons. The highest BCUT2D eigenvalue weighted by molar-refractivity contribution is 6.45.